The summed E-state index contributed by atoms with van der Waals surface area (Å²) in [4.78, 5) is 31.5. The van der Waals surface area contributed by atoms with E-state index in [1.165, 1.54) is 0 Å². The molecule has 3 N–H and O–H groups in total. The number of nitrogens with zero attached hydrogens (tertiary/aromatic N) is 2. The van der Waals surface area contributed by atoms with Crippen molar-refractivity contribution in [2.45, 2.75) is 62.7 Å². The predicted octanol–water partition coefficient (Wildman–Crippen LogP) is 6.04. The Morgan fingerprint density at radius 3 is 2.42 bits per heavy atom. The van der Waals surface area contributed by atoms with E-state index < -0.39 is 11.7 Å². The summed E-state index contributed by atoms with van der Waals surface area (Å²) in [5, 5.41) is 3.06. The maximum Gasteiger partial charge on any atom is 0.410 e. The molecule has 0 bridgehead atoms. The fourth-order valence-corrected chi connectivity index (χ4v) is 6.40. The number of ether oxygens (including phenoxy) is 1. The van der Waals surface area contributed by atoms with Crippen molar-refractivity contribution in [1.29, 1.82) is 0 Å². The zero-order chi connectivity index (χ0) is 27.7. The van der Waals surface area contributed by atoms with Crippen molar-refractivity contribution in [2.24, 2.45) is 11.7 Å². The minimum absolute atomic E-state index is 0.0261. The Hall–Kier alpha value is -3.78. The average Bonchev–Trinajstić information content (AvgIpc) is 3.39. The summed E-state index contributed by atoms with van der Waals surface area (Å²) in [6.07, 6.45) is 5.45. The molecular formula is C32H35FN4O3. The molecule has 2 amide bonds. The molecule has 7 nitrogen and oxygen atoms in total. The molecule has 2 heterocycles. The van der Waals surface area contributed by atoms with Gasteiger partial charge < -0.3 is 20.7 Å². The lowest BCUT2D eigenvalue weighted by atomic mass is 9.71. The monoisotopic (exact) mass is 542 g/mol. The summed E-state index contributed by atoms with van der Waals surface area (Å²) in [7, 11) is 0. The van der Waals surface area contributed by atoms with E-state index in [0.717, 1.165) is 53.6 Å². The normalized spacial score (nSPS) is 26.2. The topological polar surface area (TPSA) is 97.5 Å². The van der Waals surface area contributed by atoms with Crippen LogP contribution < -0.4 is 11.1 Å². The Labute approximate surface area is 233 Å². The van der Waals surface area contributed by atoms with E-state index in [-0.39, 0.29) is 18.0 Å². The van der Waals surface area contributed by atoms with Crippen LogP contribution in [0.15, 0.2) is 66.9 Å². The zero-order valence-electron chi connectivity index (χ0n) is 22.5. The maximum absolute atomic E-state index is 13.5. The maximum atomic E-state index is 13.5. The molecule has 40 heavy (non-hydrogen) atoms. The van der Waals surface area contributed by atoms with E-state index in [1.54, 1.807) is 6.20 Å². The number of hydrogen-bond acceptors (Lipinski definition) is 5. The first kappa shape index (κ1) is 26.4. The number of aromatic nitrogens is 1. The van der Waals surface area contributed by atoms with Crippen molar-refractivity contribution in [2.75, 3.05) is 18.5 Å². The van der Waals surface area contributed by atoms with Crippen LogP contribution >= 0.6 is 0 Å². The van der Waals surface area contributed by atoms with Crippen LogP contribution in [0.2, 0.25) is 0 Å². The van der Waals surface area contributed by atoms with E-state index in [9.17, 15) is 14.0 Å². The van der Waals surface area contributed by atoms with Gasteiger partial charge in [0.15, 0.2) is 0 Å². The van der Waals surface area contributed by atoms with E-state index in [4.69, 9.17) is 15.5 Å². The number of alkyl halides is 1. The van der Waals surface area contributed by atoms with Crippen LogP contribution in [-0.4, -0.2) is 47.2 Å². The number of benzene rings is 2. The SMILES string of the molecule is N[C@]1(c2ccc(-c3ncc(NC(=O)CC4CCC(N5CCOC5=O)CC4)cc3-c3ccccc3)cc2)C[C@@H](F)C1. The number of hydrogen-bond donors (Lipinski definition) is 2. The van der Waals surface area contributed by atoms with Gasteiger partial charge in [-0.25, -0.2) is 9.18 Å². The van der Waals surface area contributed by atoms with Gasteiger partial charge in [0.25, 0.3) is 0 Å². The standard InChI is InChI=1S/C32H35FN4O3/c33-25-18-32(34,19-25)24-10-8-23(9-11-24)30-28(22-4-2-1-3-5-22)17-26(20-35-30)36-29(38)16-21-6-12-27(13-7-21)37-14-15-40-31(37)39/h1-5,8-11,17,20-21,25,27H,6-7,12-16,18-19,34H2,(H,36,38)/t21?,25-,27?,32-. The molecular weight excluding hydrogens is 507 g/mol. The second kappa shape index (κ2) is 11.0. The predicted molar refractivity (Wildman–Crippen MR) is 152 cm³/mol. The van der Waals surface area contributed by atoms with Crippen LogP contribution in [0, 0.1) is 5.92 Å². The molecule has 208 valence electrons. The highest BCUT2D eigenvalue weighted by Crippen LogP contribution is 2.42. The van der Waals surface area contributed by atoms with Gasteiger partial charge in [-0.3, -0.25) is 9.78 Å². The van der Waals surface area contributed by atoms with Gasteiger partial charge in [0.1, 0.15) is 12.8 Å². The molecule has 3 aliphatic rings. The van der Waals surface area contributed by atoms with Gasteiger partial charge in [-0.1, -0.05) is 54.6 Å². The largest absolute Gasteiger partial charge is 0.448 e. The number of carbonyl (C=O) groups excluding carboxylic acids is 2. The van der Waals surface area contributed by atoms with Crippen molar-refractivity contribution in [1.82, 2.24) is 9.88 Å². The summed E-state index contributed by atoms with van der Waals surface area (Å²) in [5.41, 5.74) is 11.0. The van der Waals surface area contributed by atoms with Gasteiger partial charge >= 0.3 is 6.09 Å². The van der Waals surface area contributed by atoms with Gasteiger partial charge in [0.05, 0.1) is 24.1 Å². The van der Waals surface area contributed by atoms with E-state index in [2.05, 4.69) is 5.32 Å². The number of carbonyl (C=O) groups is 2. The van der Waals surface area contributed by atoms with E-state index in [0.29, 0.717) is 44.0 Å². The summed E-state index contributed by atoms with van der Waals surface area (Å²) in [6.45, 7) is 1.14. The Morgan fingerprint density at radius 2 is 1.77 bits per heavy atom. The summed E-state index contributed by atoms with van der Waals surface area (Å²) in [5.74, 6) is 0.269. The van der Waals surface area contributed by atoms with E-state index >= 15 is 0 Å². The number of nitrogens with two attached hydrogens (primary N) is 1. The fraction of sp³-hybridized carbons (Fsp3) is 0.406. The lowest BCUT2D eigenvalue weighted by Gasteiger charge is -2.41. The van der Waals surface area contributed by atoms with Crippen molar-refractivity contribution in [3.8, 4) is 22.4 Å². The number of anilines is 1. The molecule has 1 aromatic heterocycles. The van der Waals surface area contributed by atoms with E-state index in [1.807, 2.05) is 65.6 Å². The molecule has 2 aromatic carbocycles. The van der Waals surface area contributed by atoms with Crippen LogP contribution in [0.3, 0.4) is 0 Å². The fourth-order valence-electron chi connectivity index (χ4n) is 6.40. The first-order valence-electron chi connectivity index (χ1n) is 14.2. The van der Waals surface area contributed by atoms with Crippen molar-refractivity contribution in [3.05, 3.63) is 72.4 Å². The quantitative estimate of drug-likeness (QED) is 0.379. The van der Waals surface area contributed by atoms with Gasteiger partial charge in [0, 0.05) is 42.0 Å². The second-order valence-electron chi connectivity index (χ2n) is 11.5. The molecule has 0 unspecified atom stereocenters. The third-order valence-corrected chi connectivity index (χ3v) is 8.68. The van der Waals surface area contributed by atoms with Gasteiger partial charge in [0.2, 0.25) is 5.91 Å². The molecule has 1 saturated heterocycles. The molecule has 0 atom stereocenters. The number of pyridine rings is 1. The Kier molecular flexibility index (Phi) is 7.27. The lowest BCUT2D eigenvalue weighted by Crippen LogP contribution is -2.50. The summed E-state index contributed by atoms with van der Waals surface area (Å²) < 4.78 is 18.6. The molecule has 2 aliphatic carbocycles. The molecule has 1 aliphatic heterocycles. The molecule has 0 spiro atoms. The smallest absolute Gasteiger partial charge is 0.410 e. The molecule has 2 saturated carbocycles. The summed E-state index contributed by atoms with van der Waals surface area (Å²) >= 11 is 0. The minimum atomic E-state index is -0.829. The number of amides is 2. The van der Waals surface area contributed by atoms with Crippen LogP contribution in [-0.2, 0) is 15.1 Å². The third kappa shape index (κ3) is 5.45. The summed E-state index contributed by atoms with van der Waals surface area (Å²) in [6, 6.07) is 20.1. The van der Waals surface area contributed by atoms with Crippen LogP contribution in [0.4, 0.5) is 14.9 Å². The Morgan fingerprint density at radius 1 is 1.05 bits per heavy atom. The van der Waals surface area contributed by atoms with Gasteiger partial charge in [-0.05, 0) is 48.8 Å². The molecule has 3 fully saturated rings. The Balaban J connectivity index is 1.15. The number of cyclic esters (lactones) is 1. The highest BCUT2D eigenvalue weighted by atomic mass is 19.1. The minimum Gasteiger partial charge on any atom is -0.448 e. The lowest BCUT2D eigenvalue weighted by molar-refractivity contribution is -0.117. The number of halogens is 1. The second-order valence-corrected chi connectivity index (χ2v) is 11.5. The van der Waals surface area contributed by atoms with Crippen LogP contribution in [0.1, 0.15) is 50.5 Å². The molecule has 3 aromatic rings. The van der Waals surface area contributed by atoms with Gasteiger partial charge in [-0.15, -0.1) is 0 Å². The average molecular weight is 543 g/mol. The highest BCUT2D eigenvalue weighted by Gasteiger charge is 2.42. The molecule has 8 heteroatoms. The highest BCUT2D eigenvalue weighted by molar-refractivity contribution is 5.93. The molecule has 0 radical (unpaired) electrons. The first-order valence-corrected chi connectivity index (χ1v) is 14.2. The molecule has 6 rings (SSSR count). The van der Waals surface area contributed by atoms with Gasteiger partial charge in [-0.2, -0.15) is 0 Å². The zero-order valence-corrected chi connectivity index (χ0v) is 22.5. The van der Waals surface area contributed by atoms with Crippen molar-refractivity contribution >= 4 is 17.7 Å². The third-order valence-electron chi connectivity index (χ3n) is 8.68. The number of nitrogens with one attached hydrogen (secondary N) is 1. The van der Waals surface area contributed by atoms with Crippen LogP contribution in [0.25, 0.3) is 22.4 Å². The first-order chi connectivity index (χ1) is 19.4. The van der Waals surface area contributed by atoms with Crippen LogP contribution in [0.5, 0.6) is 0 Å². The Bertz CT molecular complexity index is 1370. The van der Waals surface area contributed by atoms with Crippen molar-refractivity contribution in [3.63, 3.8) is 0 Å². The van der Waals surface area contributed by atoms with Crippen molar-refractivity contribution < 1.29 is 18.7 Å². The number of rotatable bonds is 7.